The average molecular weight is 368 g/mol. The number of ether oxygens (including phenoxy) is 2. The second kappa shape index (κ2) is 8.65. The SMILES string of the molecule is COc1ccc(C(=O)OCC(=O)NCCN2C(=O)CSC2=S)cc1. The van der Waals surface area contributed by atoms with E-state index >= 15 is 0 Å². The number of nitrogens with zero attached hydrogens (tertiary/aromatic N) is 1. The van der Waals surface area contributed by atoms with Gasteiger partial charge >= 0.3 is 5.97 Å². The Balaban J connectivity index is 1.69. The number of carbonyl (C=O) groups is 3. The second-order valence-electron chi connectivity index (χ2n) is 4.75. The van der Waals surface area contributed by atoms with Crippen LogP contribution in [0.1, 0.15) is 10.4 Å². The number of rotatable bonds is 7. The lowest BCUT2D eigenvalue weighted by Gasteiger charge is -2.15. The third-order valence-corrected chi connectivity index (χ3v) is 4.59. The number of hydrogen-bond donors (Lipinski definition) is 1. The summed E-state index contributed by atoms with van der Waals surface area (Å²) in [6.07, 6.45) is 0. The predicted molar refractivity (Wildman–Crippen MR) is 93.1 cm³/mol. The van der Waals surface area contributed by atoms with Crippen LogP contribution in [0.4, 0.5) is 0 Å². The number of carbonyl (C=O) groups excluding carboxylic acids is 3. The minimum atomic E-state index is -0.597. The van der Waals surface area contributed by atoms with Gasteiger partial charge in [-0.25, -0.2) is 4.79 Å². The van der Waals surface area contributed by atoms with E-state index in [1.807, 2.05) is 0 Å². The molecule has 1 N–H and O–H groups in total. The van der Waals surface area contributed by atoms with Gasteiger partial charge in [0.25, 0.3) is 5.91 Å². The first-order valence-corrected chi connectivity index (χ1v) is 8.45. The zero-order valence-corrected chi connectivity index (χ0v) is 14.6. The molecule has 1 aromatic rings. The topological polar surface area (TPSA) is 84.9 Å². The molecule has 0 aromatic heterocycles. The van der Waals surface area contributed by atoms with Crippen molar-refractivity contribution in [2.24, 2.45) is 0 Å². The molecule has 0 radical (unpaired) electrons. The Kier molecular flexibility index (Phi) is 6.56. The number of hydrogen-bond acceptors (Lipinski definition) is 7. The van der Waals surface area contributed by atoms with Crippen LogP contribution in [-0.4, -0.2) is 59.6 Å². The van der Waals surface area contributed by atoms with Crippen molar-refractivity contribution in [3.05, 3.63) is 29.8 Å². The molecular weight excluding hydrogens is 352 g/mol. The lowest BCUT2D eigenvalue weighted by Crippen LogP contribution is -2.38. The Morgan fingerprint density at radius 2 is 2.04 bits per heavy atom. The zero-order chi connectivity index (χ0) is 17.5. The monoisotopic (exact) mass is 368 g/mol. The van der Waals surface area contributed by atoms with E-state index in [2.05, 4.69) is 5.32 Å². The standard InChI is InChI=1S/C15H16N2O5S2/c1-21-11-4-2-10(3-5-11)14(20)22-8-12(18)16-6-7-17-13(19)9-24-15(17)23/h2-5H,6-9H2,1H3,(H,16,18). The van der Waals surface area contributed by atoms with Crippen LogP contribution in [0.2, 0.25) is 0 Å². The minimum absolute atomic E-state index is 0.0646. The van der Waals surface area contributed by atoms with Gasteiger partial charge in [0.2, 0.25) is 5.91 Å². The fourth-order valence-electron chi connectivity index (χ4n) is 1.90. The number of methoxy groups -OCH3 is 1. The molecule has 0 aliphatic carbocycles. The van der Waals surface area contributed by atoms with E-state index in [0.717, 1.165) is 0 Å². The van der Waals surface area contributed by atoms with Gasteiger partial charge in [-0.3, -0.25) is 14.5 Å². The van der Waals surface area contributed by atoms with Crippen LogP contribution >= 0.6 is 24.0 Å². The third-order valence-electron chi connectivity index (χ3n) is 3.16. The molecular formula is C15H16N2O5S2. The van der Waals surface area contributed by atoms with Crippen LogP contribution in [0.5, 0.6) is 5.75 Å². The molecule has 9 heteroatoms. The van der Waals surface area contributed by atoms with E-state index in [1.165, 1.54) is 23.8 Å². The normalized spacial score (nSPS) is 13.8. The summed E-state index contributed by atoms with van der Waals surface area (Å²) in [4.78, 5) is 36.4. The van der Waals surface area contributed by atoms with Crippen molar-refractivity contribution in [1.29, 1.82) is 0 Å². The molecule has 2 rings (SSSR count). The van der Waals surface area contributed by atoms with Crippen molar-refractivity contribution in [3.8, 4) is 5.75 Å². The predicted octanol–water partition coefficient (Wildman–Crippen LogP) is 0.828. The Morgan fingerprint density at radius 1 is 1.33 bits per heavy atom. The highest BCUT2D eigenvalue weighted by atomic mass is 32.2. The van der Waals surface area contributed by atoms with Gasteiger partial charge < -0.3 is 14.8 Å². The fraction of sp³-hybridized carbons (Fsp3) is 0.333. The summed E-state index contributed by atoms with van der Waals surface area (Å²) in [6, 6.07) is 6.36. The second-order valence-corrected chi connectivity index (χ2v) is 6.36. The van der Waals surface area contributed by atoms with Gasteiger partial charge in [-0.1, -0.05) is 24.0 Å². The van der Waals surface area contributed by atoms with E-state index in [9.17, 15) is 14.4 Å². The molecule has 0 spiro atoms. The molecule has 1 aliphatic rings. The summed E-state index contributed by atoms with van der Waals surface area (Å²) in [6.45, 7) is 0.159. The number of amides is 2. The van der Waals surface area contributed by atoms with E-state index in [1.54, 1.807) is 24.3 Å². The molecule has 2 amide bonds. The average Bonchev–Trinajstić information content (AvgIpc) is 2.91. The Bertz CT molecular complexity index is 632. The molecule has 1 aromatic carbocycles. The number of thioether (sulfide) groups is 1. The minimum Gasteiger partial charge on any atom is -0.497 e. The first-order valence-electron chi connectivity index (χ1n) is 7.06. The Morgan fingerprint density at radius 3 is 2.62 bits per heavy atom. The Labute approximate surface area is 148 Å². The van der Waals surface area contributed by atoms with Crippen LogP contribution in [0.3, 0.4) is 0 Å². The fourth-order valence-corrected chi connectivity index (χ4v) is 3.02. The first kappa shape index (κ1) is 18.2. The van der Waals surface area contributed by atoms with Crippen LogP contribution in [0.25, 0.3) is 0 Å². The van der Waals surface area contributed by atoms with Crippen molar-refractivity contribution in [1.82, 2.24) is 10.2 Å². The molecule has 1 heterocycles. The molecule has 128 valence electrons. The maximum atomic E-state index is 11.8. The highest BCUT2D eigenvalue weighted by Crippen LogP contribution is 2.18. The van der Waals surface area contributed by atoms with E-state index < -0.39 is 18.5 Å². The van der Waals surface area contributed by atoms with Crippen molar-refractivity contribution < 1.29 is 23.9 Å². The highest BCUT2D eigenvalue weighted by molar-refractivity contribution is 8.23. The number of nitrogens with one attached hydrogen (secondary N) is 1. The molecule has 7 nitrogen and oxygen atoms in total. The third kappa shape index (κ3) is 4.93. The van der Waals surface area contributed by atoms with Gasteiger partial charge in [-0.15, -0.1) is 0 Å². The summed E-state index contributed by atoms with van der Waals surface area (Å²) < 4.78 is 10.4. The molecule has 1 saturated heterocycles. The summed E-state index contributed by atoms with van der Waals surface area (Å²) >= 11 is 6.33. The van der Waals surface area contributed by atoms with Crippen LogP contribution in [-0.2, 0) is 14.3 Å². The lowest BCUT2D eigenvalue weighted by atomic mass is 10.2. The van der Waals surface area contributed by atoms with Gasteiger partial charge in [0.15, 0.2) is 6.61 Å². The quantitative estimate of drug-likeness (QED) is 0.564. The highest BCUT2D eigenvalue weighted by Gasteiger charge is 2.25. The van der Waals surface area contributed by atoms with Gasteiger partial charge in [0.1, 0.15) is 10.1 Å². The van der Waals surface area contributed by atoms with Gasteiger partial charge in [-0.2, -0.15) is 0 Å². The molecule has 1 fully saturated rings. The smallest absolute Gasteiger partial charge is 0.338 e. The summed E-state index contributed by atoms with van der Waals surface area (Å²) in [5, 5.41) is 2.58. The van der Waals surface area contributed by atoms with E-state index in [-0.39, 0.29) is 12.5 Å². The Hall–Kier alpha value is -2.13. The van der Waals surface area contributed by atoms with Crippen molar-refractivity contribution in [3.63, 3.8) is 0 Å². The molecule has 0 saturated carbocycles. The molecule has 24 heavy (non-hydrogen) atoms. The molecule has 0 unspecified atom stereocenters. The summed E-state index contributed by atoms with van der Waals surface area (Å²) in [5.74, 6) is -0.143. The maximum Gasteiger partial charge on any atom is 0.338 e. The van der Waals surface area contributed by atoms with Crippen LogP contribution < -0.4 is 10.1 Å². The first-order chi connectivity index (χ1) is 11.5. The van der Waals surface area contributed by atoms with E-state index in [4.69, 9.17) is 21.7 Å². The van der Waals surface area contributed by atoms with Gasteiger partial charge in [-0.05, 0) is 24.3 Å². The van der Waals surface area contributed by atoms with Gasteiger partial charge in [0, 0.05) is 13.1 Å². The zero-order valence-electron chi connectivity index (χ0n) is 12.9. The summed E-state index contributed by atoms with van der Waals surface area (Å²) in [7, 11) is 1.53. The summed E-state index contributed by atoms with van der Waals surface area (Å²) in [5.41, 5.74) is 0.327. The number of thiocarbonyl (C=S) groups is 1. The van der Waals surface area contributed by atoms with Gasteiger partial charge in [0.05, 0.1) is 18.4 Å². The number of esters is 1. The largest absolute Gasteiger partial charge is 0.497 e. The van der Waals surface area contributed by atoms with Crippen LogP contribution in [0.15, 0.2) is 24.3 Å². The van der Waals surface area contributed by atoms with Crippen molar-refractivity contribution in [2.45, 2.75) is 0 Å². The maximum absolute atomic E-state index is 11.8. The molecule has 1 aliphatic heterocycles. The van der Waals surface area contributed by atoms with Crippen molar-refractivity contribution >= 4 is 46.1 Å². The molecule has 0 atom stereocenters. The van der Waals surface area contributed by atoms with Crippen LogP contribution in [0, 0.1) is 0 Å². The van der Waals surface area contributed by atoms with E-state index in [0.29, 0.717) is 27.9 Å². The molecule has 0 bridgehead atoms. The lowest BCUT2D eigenvalue weighted by molar-refractivity contribution is -0.126. The number of benzene rings is 1. The van der Waals surface area contributed by atoms with Crippen molar-refractivity contribution in [2.75, 3.05) is 32.6 Å².